The van der Waals surface area contributed by atoms with Crippen LogP contribution in [0.15, 0.2) is 12.2 Å². The number of esters is 3. The first-order valence-electron chi connectivity index (χ1n) is 19.3. The van der Waals surface area contributed by atoms with Crippen LogP contribution >= 0.6 is 0 Å². The van der Waals surface area contributed by atoms with Gasteiger partial charge in [0.05, 0.1) is 32.2 Å². The third-order valence-corrected chi connectivity index (χ3v) is 30.4. The molecule has 20 heteroatoms. The van der Waals surface area contributed by atoms with Crippen molar-refractivity contribution in [1.29, 1.82) is 0 Å². The molecule has 0 heterocycles. The third-order valence-electron chi connectivity index (χ3n) is 6.33. The van der Waals surface area contributed by atoms with E-state index in [9.17, 15) is 14.4 Å². The van der Waals surface area contributed by atoms with Gasteiger partial charge in [0.25, 0.3) is 0 Å². The molecule has 0 aliphatic heterocycles. The molecule has 0 aromatic rings. The molecule has 0 aromatic carbocycles. The van der Waals surface area contributed by atoms with Crippen LogP contribution in [0.1, 0.15) is 32.6 Å². The summed E-state index contributed by atoms with van der Waals surface area (Å²) in [6.45, 7) is 43.6. The van der Waals surface area contributed by atoms with Crippen LogP contribution in [-0.4, -0.2) is 105 Å². The fourth-order valence-corrected chi connectivity index (χ4v) is 34.5. The lowest BCUT2D eigenvalue weighted by atomic mass is 10.0. The monoisotopic (exact) mass is 902 g/mol. The van der Waals surface area contributed by atoms with Crippen molar-refractivity contribution >= 4 is 85.4 Å². The molecule has 0 aromatic heterocycles. The quantitative estimate of drug-likeness (QED) is 0.0256. The zero-order valence-corrected chi connectivity index (χ0v) is 45.5. The second-order valence-corrected chi connectivity index (χ2v) is 53.8. The van der Waals surface area contributed by atoms with E-state index in [-0.39, 0.29) is 38.2 Å². The molecule has 0 amide bonds. The Morgan fingerprint density at radius 1 is 0.481 bits per heavy atom. The Hall–Kier alpha value is -0.355. The lowest BCUT2D eigenvalue weighted by Crippen LogP contribution is -2.60. The highest BCUT2D eigenvalue weighted by atomic mass is 28.5. The standard InChI is InChI=1S/C34H78O12Si8/c1-30(2)33(36)40-26-23-31(34(37)39-25-22-28-54(44-50(12,13)14,45-51(15,16)17)46-52(18,19)20)29-32(35)38-24-21-27-53(41-47(3,4)5,42-48(6,7)8)43-49(9,10)11/h31H,1,21-29H2,2-20H3. The molecule has 0 saturated heterocycles. The minimum atomic E-state index is -3.11. The third kappa shape index (κ3) is 27.3. The van der Waals surface area contributed by atoms with Crippen LogP contribution < -0.4 is 0 Å². The Morgan fingerprint density at radius 3 is 1.09 bits per heavy atom. The Balaban J connectivity index is 5.86. The van der Waals surface area contributed by atoms with Gasteiger partial charge < -0.3 is 38.9 Å². The highest BCUT2D eigenvalue weighted by molar-refractivity contribution is 6.91. The van der Waals surface area contributed by atoms with Crippen LogP contribution in [0.3, 0.4) is 0 Å². The van der Waals surface area contributed by atoms with Gasteiger partial charge in [0.15, 0.2) is 49.9 Å². The summed E-state index contributed by atoms with van der Waals surface area (Å²) < 4.78 is 57.2. The summed E-state index contributed by atoms with van der Waals surface area (Å²) in [6.07, 6.45) is 0.843. The molecule has 1 unspecified atom stereocenters. The highest BCUT2D eigenvalue weighted by Gasteiger charge is 2.51. The van der Waals surface area contributed by atoms with Gasteiger partial charge in [-0.15, -0.1) is 0 Å². The SMILES string of the molecule is C=C(C)C(=O)OCCC(CC(=O)OCCC[Si](O[Si](C)(C)C)(O[Si](C)(C)C)O[Si](C)(C)C)C(=O)OCCC[Si](O[Si](C)(C)C)(O[Si](C)(C)C)O[Si](C)(C)C. The number of carbonyl (C=O) groups is 3. The molecule has 1 atom stereocenters. The van der Waals surface area contributed by atoms with Crippen molar-refractivity contribution in [3.05, 3.63) is 12.2 Å². The zero-order valence-electron chi connectivity index (χ0n) is 37.5. The van der Waals surface area contributed by atoms with Crippen molar-refractivity contribution in [3.63, 3.8) is 0 Å². The molecule has 0 fully saturated rings. The van der Waals surface area contributed by atoms with Gasteiger partial charge in [-0.25, -0.2) is 4.79 Å². The number of ether oxygens (including phenoxy) is 3. The van der Waals surface area contributed by atoms with E-state index >= 15 is 0 Å². The predicted molar refractivity (Wildman–Crippen MR) is 237 cm³/mol. The summed E-state index contributed by atoms with van der Waals surface area (Å²) in [7, 11) is -18.5. The van der Waals surface area contributed by atoms with Crippen LogP contribution in [-0.2, 0) is 53.3 Å². The molecule has 318 valence electrons. The predicted octanol–water partition coefficient (Wildman–Crippen LogP) is 9.36. The Morgan fingerprint density at radius 2 is 0.796 bits per heavy atom. The molecular weight excluding hydrogens is 825 g/mol. The van der Waals surface area contributed by atoms with Crippen molar-refractivity contribution < 1.29 is 53.3 Å². The molecule has 0 aliphatic carbocycles. The Kier molecular flexibility index (Phi) is 21.4. The normalized spacial score (nSPS) is 14.4. The van der Waals surface area contributed by atoms with Crippen LogP contribution in [0.5, 0.6) is 0 Å². The maximum atomic E-state index is 13.5. The van der Waals surface area contributed by atoms with E-state index in [1.165, 1.54) is 0 Å². The van der Waals surface area contributed by atoms with Crippen LogP contribution in [0.25, 0.3) is 0 Å². The topological polar surface area (TPSA) is 134 Å². The summed E-state index contributed by atoms with van der Waals surface area (Å²) in [4.78, 5) is 38.7. The fraction of sp³-hybridized carbons (Fsp3) is 0.853. The van der Waals surface area contributed by atoms with Crippen LogP contribution in [0.4, 0.5) is 0 Å². The van der Waals surface area contributed by atoms with Crippen molar-refractivity contribution in [2.45, 2.75) is 163 Å². The van der Waals surface area contributed by atoms with E-state index in [2.05, 4.69) is 124 Å². The van der Waals surface area contributed by atoms with Gasteiger partial charge in [-0.1, -0.05) is 6.58 Å². The van der Waals surface area contributed by atoms with Gasteiger partial charge in [-0.05, 0) is 144 Å². The first-order valence-corrected chi connectivity index (χ1v) is 43.6. The van der Waals surface area contributed by atoms with E-state index in [0.29, 0.717) is 24.9 Å². The van der Waals surface area contributed by atoms with Gasteiger partial charge in [0, 0.05) is 17.7 Å². The van der Waals surface area contributed by atoms with Crippen LogP contribution in [0.2, 0.25) is 130 Å². The van der Waals surface area contributed by atoms with Gasteiger partial charge in [0.2, 0.25) is 0 Å². The zero-order chi connectivity index (χ0) is 42.6. The second kappa shape index (κ2) is 21.6. The molecule has 0 rings (SSSR count). The van der Waals surface area contributed by atoms with E-state index in [1.807, 2.05) is 0 Å². The van der Waals surface area contributed by atoms with Gasteiger partial charge >= 0.3 is 35.5 Å². The fourth-order valence-electron chi connectivity index (χ4n) is 5.26. The maximum absolute atomic E-state index is 13.5. The van der Waals surface area contributed by atoms with Crippen molar-refractivity contribution in [2.75, 3.05) is 19.8 Å². The summed E-state index contributed by atoms with van der Waals surface area (Å²) in [5.41, 5.74) is 0.247. The lowest BCUT2D eigenvalue weighted by molar-refractivity contribution is -0.156. The molecule has 0 spiro atoms. The number of rotatable bonds is 27. The number of hydrogen-bond acceptors (Lipinski definition) is 12. The first kappa shape index (κ1) is 53.6. The summed E-state index contributed by atoms with van der Waals surface area (Å²) >= 11 is 0. The Labute approximate surface area is 337 Å². The van der Waals surface area contributed by atoms with E-state index < -0.39 is 91.3 Å². The van der Waals surface area contributed by atoms with Crippen LogP contribution in [0, 0.1) is 5.92 Å². The minimum Gasteiger partial charge on any atom is -0.466 e. The summed E-state index contributed by atoms with van der Waals surface area (Å²) in [5.74, 6) is -2.54. The Bertz CT molecular complexity index is 1130. The van der Waals surface area contributed by atoms with Crippen molar-refractivity contribution in [3.8, 4) is 0 Å². The lowest BCUT2D eigenvalue weighted by Gasteiger charge is -2.43. The molecule has 54 heavy (non-hydrogen) atoms. The largest absolute Gasteiger partial charge is 0.469 e. The molecule has 0 saturated carbocycles. The molecule has 12 nitrogen and oxygen atoms in total. The maximum Gasteiger partial charge on any atom is 0.469 e. The molecule has 0 N–H and O–H groups in total. The smallest absolute Gasteiger partial charge is 0.466 e. The molecular formula is C34H78O12Si8. The van der Waals surface area contributed by atoms with Gasteiger partial charge in [-0.2, -0.15) is 0 Å². The second-order valence-electron chi connectivity index (χ2n) is 19.9. The van der Waals surface area contributed by atoms with E-state index in [1.54, 1.807) is 6.92 Å². The van der Waals surface area contributed by atoms with Crippen molar-refractivity contribution in [2.24, 2.45) is 5.92 Å². The molecule has 0 radical (unpaired) electrons. The van der Waals surface area contributed by atoms with E-state index in [0.717, 1.165) is 0 Å². The summed E-state index contributed by atoms with van der Waals surface area (Å²) in [5, 5.41) is 0. The average Bonchev–Trinajstić information content (AvgIpc) is 2.86. The highest BCUT2D eigenvalue weighted by Crippen LogP contribution is 2.31. The molecule has 0 bridgehead atoms. The molecule has 0 aliphatic rings. The number of carbonyl (C=O) groups excluding carboxylic acids is 3. The van der Waals surface area contributed by atoms with Gasteiger partial charge in [-0.3, -0.25) is 9.59 Å². The van der Waals surface area contributed by atoms with Gasteiger partial charge in [0.1, 0.15) is 0 Å². The first-order chi connectivity index (χ1) is 24.0. The number of hydrogen-bond donors (Lipinski definition) is 0. The minimum absolute atomic E-state index is 0.0723. The van der Waals surface area contributed by atoms with E-state index in [4.69, 9.17) is 38.9 Å². The average molecular weight is 904 g/mol. The summed E-state index contributed by atoms with van der Waals surface area (Å²) in [6, 6.07) is 1.04. The van der Waals surface area contributed by atoms with Crippen molar-refractivity contribution in [1.82, 2.24) is 0 Å².